The molecular weight excluding hydrogens is 260 g/mol. The summed E-state index contributed by atoms with van der Waals surface area (Å²) in [6.45, 7) is 9.37. The van der Waals surface area contributed by atoms with Gasteiger partial charge in [0.05, 0.1) is 5.69 Å². The van der Waals surface area contributed by atoms with Crippen LogP contribution in [0.1, 0.15) is 25.2 Å². The fraction of sp³-hybridized carbons (Fsp3) is 0.412. The summed E-state index contributed by atoms with van der Waals surface area (Å²) in [4.78, 5) is 11.5. The molecule has 0 unspecified atom stereocenters. The minimum absolute atomic E-state index is 0.582. The van der Waals surface area contributed by atoms with Crippen molar-refractivity contribution < 1.29 is 0 Å². The number of hydrogen-bond acceptors (Lipinski definition) is 4. The Morgan fingerprint density at radius 2 is 1.71 bits per heavy atom. The first-order valence-electron chi connectivity index (χ1n) is 7.56. The van der Waals surface area contributed by atoms with Crippen molar-refractivity contribution >= 4 is 5.82 Å². The quantitative estimate of drug-likeness (QED) is 0.886. The molecule has 0 spiro atoms. The molecule has 2 N–H and O–H groups in total. The molecule has 1 aromatic heterocycles. The zero-order valence-corrected chi connectivity index (χ0v) is 13.1. The molecule has 0 radical (unpaired) electrons. The number of hydrogen-bond donors (Lipinski definition) is 1. The Morgan fingerprint density at radius 1 is 1.05 bits per heavy atom. The third-order valence-electron chi connectivity index (χ3n) is 3.82. The Hall–Kier alpha value is -1.94. The summed E-state index contributed by atoms with van der Waals surface area (Å²) in [7, 11) is 0. The van der Waals surface area contributed by atoms with E-state index in [2.05, 4.69) is 35.9 Å². The molecule has 21 heavy (non-hydrogen) atoms. The Bertz CT molecular complexity index is 577. The fourth-order valence-electron chi connectivity index (χ4n) is 2.37. The summed E-state index contributed by atoms with van der Waals surface area (Å²) < 4.78 is 0. The molecule has 0 saturated heterocycles. The Balaban J connectivity index is 2.27. The molecule has 0 bridgehead atoms. The molecule has 4 heteroatoms. The van der Waals surface area contributed by atoms with Gasteiger partial charge in [-0.2, -0.15) is 0 Å². The van der Waals surface area contributed by atoms with Gasteiger partial charge in [0.25, 0.3) is 0 Å². The summed E-state index contributed by atoms with van der Waals surface area (Å²) in [6.07, 6.45) is 0.825. The molecule has 0 atom stereocenters. The Labute approximate surface area is 127 Å². The van der Waals surface area contributed by atoms with Gasteiger partial charge in [0.2, 0.25) is 0 Å². The van der Waals surface area contributed by atoms with Gasteiger partial charge in [-0.1, -0.05) is 44.2 Å². The van der Waals surface area contributed by atoms with Gasteiger partial charge in [0.1, 0.15) is 11.6 Å². The van der Waals surface area contributed by atoms with Gasteiger partial charge in [-0.05, 0) is 20.0 Å². The van der Waals surface area contributed by atoms with E-state index in [-0.39, 0.29) is 0 Å². The van der Waals surface area contributed by atoms with Gasteiger partial charge in [0, 0.05) is 24.1 Å². The molecule has 0 aliphatic heterocycles. The topological polar surface area (TPSA) is 55.0 Å². The lowest BCUT2D eigenvalue weighted by Crippen LogP contribution is -2.26. The number of likely N-dealkylation sites (N-methyl/N-ethyl adjacent to an activating group) is 1. The van der Waals surface area contributed by atoms with Gasteiger partial charge in [-0.25, -0.2) is 9.97 Å². The second-order valence-corrected chi connectivity index (χ2v) is 5.14. The minimum atomic E-state index is 0.582. The Morgan fingerprint density at radius 3 is 2.33 bits per heavy atom. The molecule has 0 saturated carbocycles. The standard InChI is InChI=1S/C17H24N4/c1-4-21(5-2)12-11-15-19-16(13(3)17(18)20-15)14-9-7-6-8-10-14/h6-10H,4-5,11-12H2,1-3H3,(H2,18,19,20). The van der Waals surface area contributed by atoms with Gasteiger partial charge in [0.15, 0.2) is 0 Å². The maximum absolute atomic E-state index is 6.07. The first kappa shape index (κ1) is 15.4. The van der Waals surface area contributed by atoms with Crippen LogP contribution in [0.2, 0.25) is 0 Å². The first-order chi connectivity index (χ1) is 10.2. The molecule has 112 valence electrons. The lowest BCUT2D eigenvalue weighted by molar-refractivity contribution is 0.306. The minimum Gasteiger partial charge on any atom is -0.383 e. The average molecular weight is 284 g/mol. The summed E-state index contributed by atoms with van der Waals surface area (Å²) in [6, 6.07) is 10.2. The van der Waals surface area contributed by atoms with E-state index < -0.39 is 0 Å². The van der Waals surface area contributed by atoms with Crippen molar-refractivity contribution in [3.8, 4) is 11.3 Å². The van der Waals surface area contributed by atoms with Crippen LogP contribution in [0.4, 0.5) is 5.82 Å². The van der Waals surface area contributed by atoms with Crippen molar-refractivity contribution in [2.75, 3.05) is 25.4 Å². The monoisotopic (exact) mass is 284 g/mol. The SMILES string of the molecule is CCN(CC)CCc1nc(N)c(C)c(-c2ccccc2)n1. The molecule has 1 aromatic carbocycles. The van der Waals surface area contributed by atoms with Crippen LogP contribution in [0, 0.1) is 6.92 Å². The van der Waals surface area contributed by atoms with E-state index in [1.807, 2.05) is 25.1 Å². The zero-order chi connectivity index (χ0) is 15.2. The second kappa shape index (κ2) is 7.18. The van der Waals surface area contributed by atoms with Crippen LogP contribution < -0.4 is 5.73 Å². The predicted molar refractivity (Wildman–Crippen MR) is 88.1 cm³/mol. The smallest absolute Gasteiger partial charge is 0.132 e. The van der Waals surface area contributed by atoms with Crippen molar-refractivity contribution in [2.24, 2.45) is 0 Å². The van der Waals surface area contributed by atoms with E-state index in [1.54, 1.807) is 0 Å². The lowest BCUT2D eigenvalue weighted by Gasteiger charge is -2.17. The van der Waals surface area contributed by atoms with E-state index in [1.165, 1.54) is 0 Å². The van der Waals surface area contributed by atoms with Crippen LogP contribution in [0.5, 0.6) is 0 Å². The molecule has 4 nitrogen and oxygen atoms in total. The molecule has 1 heterocycles. The summed E-state index contributed by atoms with van der Waals surface area (Å²) >= 11 is 0. The third-order valence-corrected chi connectivity index (χ3v) is 3.82. The van der Waals surface area contributed by atoms with E-state index in [4.69, 9.17) is 10.7 Å². The highest BCUT2D eigenvalue weighted by atomic mass is 15.1. The van der Waals surface area contributed by atoms with E-state index in [9.17, 15) is 0 Å². The molecule has 0 fully saturated rings. The van der Waals surface area contributed by atoms with Gasteiger partial charge in [-0.3, -0.25) is 0 Å². The van der Waals surface area contributed by atoms with Crippen LogP contribution >= 0.6 is 0 Å². The Kier molecular flexibility index (Phi) is 5.28. The second-order valence-electron chi connectivity index (χ2n) is 5.14. The van der Waals surface area contributed by atoms with Gasteiger partial charge < -0.3 is 10.6 Å². The highest BCUT2D eigenvalue weighted by Gasteiger charge is 2.11. The van der Waals surface area contributed by atoms with Crippen molar-refractivity contribution in [3.63, 3.8) is 0 Å². The maximum Gasteiger partial charge on any atom is 0.132 e. The average Bonchev–Trinajstić information content (AvgIpc) is 2.52. The summed E-state index contributed by atoms with van der Waals surface area (Å²) in [5.74, 6) is 1.40. The number of nitrogen functional groups attached to an aromatic ring is 1. The normalized spacial score (nSPS) is 11.0. The number of nitrogens with zero attached hydrogens (tertiary/aromatic N) is 3. The fourth-order valence-corrected chi connectivity index (χ4v) is 2.37. The highest BCUT2D eigenvalue weighted by molar-refractivity contribution is 5.67. The molecule has 2 aromatic rings. The lowest BCUT2D eigenvalue weighted by atomic mass is 10.1. The van der Waals surface area contributed by atoms with Crippen LogP contribution in [0.25, 0.3) is 11.3 Å². The zero-order valence-electron chi connectivity index (χ0n) is 13.1. The van der Waals surface area contributed by atoms with Crippen molar-refractivity contribution in [1.29, 1.82) is 0 Å². The third kappa shape index (κ3) is 3.79. The molecule has 2 rings (SSSR count). The van der Waals surface area contributed by atoms with Crippen LogP contribution in [0.3, 0.4) is 0 Å². The van der Waals surface area contributed by atoms with E-state index in [0.717, 1.165) is 48.7 Å². The maximum atomic E-state index is 6.07. The van der Waals surface area contributed by atoms with Crippen LogP contribution in [-0.4, -0.2) is 34.5 Å². The molecular formula is C17H24N4. The number of nitrogens with two attached hydrogens (primary N) is 1. The van der Waals surface area contributed by atoms with Crippen molar-refractivity contribution in [1.82, 2.24) is 14.9 Å². The van der Waals surface area contributed by atoms with Crippen LogP contribution in [0.15, 0.2) is 30.3 Å². The summed E-state index contributed by atoms with van der Waals surface area (Å²) in [5, 5.41) is 0. The molecule has 0 aliphatic carbocycles. The van der Waals surface area contributed by atoms with Gasteiger partial charge >= 0.3 is 0 Å². The predicted octanol–water partition coefficient (Wildman–Crippen LogP) is 2.92. The number of rotatable bonds is 6. The highest BCUT2D eigenvalue weighted by Crippen LogP contribution is 2.24. The molecule has 0 aliphatic rings. The summed E-state index contributed by atoms with van der Waals surface area (Å²) in [5.41, 5.74) is 9.05. The number of aromatic nitrogens is 2. The van der Waals surface area contributed by atoms with Crippen molar-refractivity contribution in [3.05, 3.63) is 41.7 Å². The number of benzene rings is 1. The van der Waals surface area contributed by atoms with Gasteiger partial charge in [-0.15, -0.1) is 0 Å². The van der Waals surface area contributed by atoms with Crippen LogP contribution in [-0.2, 0) is 6.42 Å². The van der Waals surface area contributed by atoms with Crippen molar-refractivity contribution in [2.45, 2.75) is 27.2 Å². The first-order valence-corrected chi connectivity index (χ1v) is 7.56. The molecule has 0 amide bonds. The largest absolute Gasteiger partial charge is 0.383 e. The van der Waals surface area contributed by atoms with E-state index >= 15 is 0 Å². The van der Waals surface area contributed by atoms with E-state index in [0.29, 0.717) is 5.82 Å². The number of anilines is 1.